The first-order valence-corrected chi connectivity index (χ1v) is 15.7. The van der Waals surface area contributed by atoms with Gasteiger partial charge in [0.15, 0.2) is 0 Å². The van der Waals surface area contributed by atoms with Gasteiger partial charge >= 0.3 is 0 Å². The van der Waals surface area contributed by atoms with Crippen LogP contribution in [0.1, 0.15) is 118 Å². The molecule has 5 rings (SSSR count). The fraction of sp³-hybridized carbons (Fsp3) is 0.722. The molecule has 2 N–H and O–H groups in total. The van der Waals surface area contributed by atoms with E-state index in [9.17, 15) is 10.2 Å². The Hall–Kier alpha value is -1.70. The molecule has 0 aromatic heterocycles. The number of phenolic OH excluding ortho intramolecular Hbond substituents is 2. The molecule has 210 valence electrons. The van der Waals surface area contributed by atoms with Crippen molar-refractivity contribution in [3.63, 3.8) is 0 Å². The Morgan fingerprint density at radius 1 is 0.895 bits per heavy atom. The molecule has 3 saturated carbocycles. The van der Waals surface area contributed by atoms with E-state index in [0.717, 1.165) is 17.9 Å². The molecular formula is C36H54O2. The highest BCUT2D eigenvalue weighted by atomic mass is 16.3. The van der Waals surface area contributed by atoms with E-state index in [1.807, 2.05) is 0 Å². The summed E-state index contributed by atoms with van der Waals surface area (Å²) in [4.78, 5) is 0. The van der Waals surface area contributed by atoms with E-state index in [0.29, 0.717) is 39.7 Å². The Morgan fingerprint density at radius 3 is 2.32 bits per heavy atom. The molecule has 0 aliphatic heterocycles. The van der Waals surface area contributed by atoms with Crippen LogP contribution in [0, 0.1) is 45.3 Å². The van der Waals surface area contributed by atoms with Gasteiger partial charge in [-0.1, -0.05) is 71.3 Å². The Morgan fingerprint density at radius 2 is 1.58 bits per heavy atom. The van der Waals surface area contributed by atoms with Gasteiger partial charge in [0, 0.05) is 0 Å². The molecule has 0 bridgehead atoms. The first kappa shape index (κ1) is 27.9. The van der Waals surface area contributed by atoms with Crippen LogP contribution in [-0.4, -0.2) is 10.2 Å². The van der Waals surface area contributed by atoms with Crippen LogP contribution in [0.15, 0.2) is 42.0 Å². The van der Waals surface area contributed by atoms with Crippen LogP contribution in [0.2, 0.25) is 0 Å². The zero-order valence-corrected chi connectivity index (χ0v) is 25.2. The minimum absolute atomic E-state index is 0.215. The van der Waals surface area contributed by atoms with Crippen molar-refractivity contribution in [3.8, 4) is 11.5 Å². The highest BCUT2D eigenvalue weighted by Gasteiger charge is 2.56. The van der Waals surface area contributed by atoms with Crippen molar-refractivity contribution in [1.29, 1.82) is 0 Å². The SMILES string of the molecule is C=C1CCC2C(C)(C)CCCC2(C)C1CCC1(C)CCCC2(C)C(Cc3cc(O)ccc3O)C(C)=CCC12. The Labute approximate surface area is 233 Å². The van der Waals surface area contributed by atoms with E-state index in [1.54, 1.807) is 23.8 Å². The lowest BCUT2D eigenvalue weighted by Gasteiger charge is -2.60. The summed E-state index contributed by atoms with van der Waals surface area (Å²) in [7, 11) is 0. The number of rotatable bonds is 5. The lowest BCUT2D eigenvalue weighted by Crippen LogP contribution is -2.51. The Kier molecular flexibility index (Phi) is 7.14. The van der Waals surface area contributed by atoms with Crippen LogP contribution >= 0.6 is 0 Å². The van der Waals surface area contributed by atoms with Crippen LogP contribution in [0.3, 0.4) is 0 Å². The molecule has 2 nitrogen and oxygen atoms in total. The lowest BCUT2D eigenvalue weighted by atomic mass is 9.45. The molecule has 1 aromatic carbocycles. The van der Waals surface area contributed by atoms with Gasteiger partial charge in [-0.25, -0.2) is 0 Å². The summed E-state index contributed by atoms with van der Waals surface area (Å²) < 4.78 is 0. The molecule has 0 spiro atoms. The smallest absolute Gasteiger partial charge is 0.119 e. The highest BCUT2D eigenvalue weighted by Crippen LogP contribution is 2.65. The zero-order chi connectivity index (χ0) is 27.5. The first-order valence-electron chi connectivity index (χ1n) is 15.7. The topological polar surface area (TPSA) is 40.5 Å². The predicted molar refractivity (Wildman–Crippen MR) is 159 cm³/mol. The van der Waals surface area contributed by atoms with Crippen molar-refractivity contribution in [2.45, 2.75) is 119 Å². The minimum Gasteiger partial charge on any atom is -0.508 e. The van der Waals surface area contributed by atoms with E-state index >= 15 is 0 Å². The summed E-state index contributed by atoms with van der Waals surface area (Å²) in [6, 6.07) is 5.01. The van der Waals surface area contributed by atoms with E-state index in [2.05, 4.69) is 47.6 Å². The van der Waals surface area contributed by atoms with Crippen molar-refractivity contribution < 1.29 is 10.2 Å². The van der Waals surface area contributed by atoms with Crippen LogP contribution in [0.5, 0.6) is 11.5 Å². The van der Waals surface area contributed by atoms with Crippen LogP contribution in [0.4, 0.5) is 0 Å². The summed E-state index contributed by atoms with van der Waals surface area (Å²) in [5.74, 6) is 3.10. The number of aromatic hydroxyl groups is 2. The molecule has 0 amide bonds. The number of hydrogen-bond acceptors (Lipinski definition) is 2. The second kappa shape index (κ2) is 9.74. The van der Waals surface area contributed by atoms with Crippen molar-refractivity contribution in [2.24, 2.45) is 45.3 Å². The summed E-state index contributed by atoms with van der Waals surface area (Å²) in [5.41, 5.74) is 5.30. The molecule has 7 unspecified atom stereocenters. The van der Waals surface area contributed by atoms with Crippen LogP contribution in [-0.2, 0) is 6.42 Å². The monoisotopic (exact) mass is 518 g/mol. The average molecular weight is 519 g/mol. The predicted octanol–water partition coefficient (Wildman–Crippen LogP) is 10.00. The summed E-state index contributed by atoms with van der Waals surface area (Å²) in [6.07, 6.45) is 17.7. The fourth-order valence-corrected chi connectivity index (χ4v) is 10.9. The number of phenols is 2. The molecule has 3 fully saturated rings. The molecule has 0 heterocycles. The van der Waals surface area contributed by atoms with Gasteiger partial charge in [0.05, 0.1) is 0 Å². The fourth-order valence-electron chi connectivity index (χ4n) is 10.9. The molecular weight excluding hydrogens is 464 g/mol. The summed E-state index contributed by atoms with van der Waals surface area (Å²) in [5, 5.41) is 20.7. The van der Waals surface area contributed by atoms with Crippen molar-refractivity contribution >= 4 is 0 Å². The summed E-state index contributed by atoms with van der Waals surface area (Å²) in [6.45, 7) is 19.9. The first-order chi connectivity index (χ1) is 17.8. The molecule has 4 aliphatic rings. The Balaban J connectivity index is 1.39. The van der Waals surface area contributed by atoms with Gasteiger partial charge in [-0.05, 0) is 140 Å². The maximum absolute atomic E-state index is 10.6. The standard InChI is InChI=1S/C36H54O2/c1-24-10-14-31-33(3,4)17-8-19-35(31,6)28(24)16-21-34(5)18-9-20-36(7)29(25(2)11-15-32(34)36)23-26-22-27(37)12-13-30(26)38/h11-13,22,28-29,31-32,37-38H,1,8-10,14-21,23H2,2-7H3. The number of fused-ring (bicyclic) bond motifs is 2. The second-order valence-corrected chi connectivity index (χ2v) is 15.5. The van der Waals surface area contributed by atoms with Gasteiger partial charge in [0.2, 0.25) is 0 Å². The van der Waals surface area contributed by atoms with Gasteiger partial charge < -0.3 is 10.2 Å². The van der Waals surface area contributed by atoms with Crippen LogP contribution in [0.25, 0.3) is 0 Å². The van der Waals surface area contributed by atoms with Crippen LogP contribution < -0.4 is 0 Å². The molecule has 2 heteroatoms. The van der Waals surface area contributed by atoms with Gasteiger partial charge in [0.1, 0.15) is 11.5 Å². The second-order valence-electron chi connectivity index (χ2n) is 15.5. The molecule has 1 aromatic rings. The van der Waals surface area contributed by atoms with Gasteiger partial charge in [-0.2, -0.15) is 0 Å². The number of benzene rings is 1. The molecule has 7 atom stereocenters. The minimum atomic E-state index is 0.215. The van der Waals surface area contributed by atoms with E-state index < -0.39 is 0 Å². The van der Waals surface area contributed by atoms with Crippen molar-refractivity contribution in [1.82, 2.24) is 0 Å². The molecule has 0 saturated heterocycles. The quantitative estimate of drug-likeness (QED) is 0.301. The van der Waals surface area contributed by atoms with Crippen molar-refractivity contribution in [2.75, 3.05) is 0 Å². The van der Waals surface area contributed by atoms with Gasteiger partial charge in [0.25, 0.3) is 0 Å². The highest BCUT2D eigenvalue weighted by molar-refractivity contribution is 5.40. The third kappa shape index (κ3) is 4.56. The van der Waals surface area contributed by atoms with E-state index in [4.69, 9.17) is 6.58 Å². The Bertz CT molecular complexity index is 1100. The third-order valence-electron chi connectivity index (χ3n) is 12.9. The van der Waals surface area contributed by atoms with E-state index in [-0.39, 0.29) is 11.2 Å². The molecule has 38 heavy (non-hydrogen) atoms. The number of allylic oxidation sites excluding steroid dienone is 3. The number of hydrogen-bond donors (Lipinski definition) is 2. The maximum Gasteiger partial charge on any atom is 0.119 e. The van der Waals surface area contributed by atoms with Crippen molar-refractivity contribution in [3.05, 3.63) is 47.6 Å². The zero-order valence-electron chi connectivity index (χ0n) is 25.2. The van der Waals surface area contributed by atoms with Gasteiger partial charge in [-0.3, -0.25) is 0 Å². The summed E-state index contributed by atoms with van der Waals surface area (Å²) >= 11 is 0. The molecule has 0 radical (unpaired) electrons. The largest absolute Gasteiger partial charge is 0.508 e. The normalized spacial score (nSPS) is 40.7. The maximum atomic E-state index is 10.6. The average Bonchev–Trinajstić information content (AvgIpc) is 2.82. The third-order valence-corrected chi connectivity index (χ3v) is 12.9. The van der Waals surface area contributed by atoms with E-state index in [1.165, 1.54) is 76.2 Å². The molecule has 4 aliphatic carbocycles. The van der Waals surface area contributed by atoms with Gasteiger partial charge in [-0.15, -0.1) is 0 Å². The lowest BCUT2D eigenvalue weighted by molar-refractivity contribution is -0.0748.